The first-order valence-corrected chi connectivity index (χ1v) is 6.91. The van der Waals surface area contributed by atoms with E-state index in [0.29, 0.717) is 6.61 Å². The standard InChI is InChI=1S/C13H19BrN2O/c14-12-1-3-13(4-2-12)16-8-5-11(6-9-16)7-10-17-15/h1-4,11H,5-10,15H2. The Kier molecular flexibility index (Phi) is 4.83. The summed E-state index contributed by atoms with van der Waals surface area (Å²) in [6.45, 7) is 2.96. The van der Waals surface area contributed by atoms with Crippen LogP contribution in [0, 0.1) is 5.92 Å². The van der Waals surface area contributed by atoms with Crippen molar-refractivity contribution in [3.05, 3.63) is 28.7 Å². The minimum Gasteiger partial charge on any atom is -0.372 e. The van der Waals surface area contributed by atoms with Gasteiger partial charge < -0.3 is 9.74 Å². The lowest BCUT2D eigenvalue weighted by Gasteiger charge is -2.33. The third kappa shape index (κ3) is 3.69. The molecular weight excluding hydrogens is 280 g/mol. The molecule has 1 aliphatic rings. The van der Waals surface area contributed by atoms with Gasteiger partial charge in [-0.2, -0.15) is 0 Å². The van der Waals surface area contributed by atoms with Crippen molar-refractivity contribution < 1.29 is 4.84 Å². The second-order valence-corrected chi connectivity index (χ2v) is 5.48. The zero-order valence-electron chi connectivity index (χ0n) is 9.94. The van der Waals surface area contributed by atoms with E-state index in [1.807, 2.05) is 0 Å². The molecule has 4 heteroatoms. The van der Waals surface area contributed by atoms with Crippen molar-refractivity contribution in [2.75, 3.05) is 24.6 Å². The Hall–Kier alpha value is -0.580. The van der Waals surface area contributed by atoms with Gasteiger partial charge in [-0.05, 0) is 49.4 Å². The Morgan fingerprint density at radius 3 is 2.47 bits per heavy atom. The quantitative estimate of drug-likeness (QED) is 0.869. The van der Waals surface area contributed by atoms with Gasteiger partial charge in [0.1, 0.15) is 0 Å². The van der Waals surface area contributed by atoms with Crippen molar-refractivity contribution in [3.63, 3.8) is 0 Å². The maximum Gasteiger partial charge on any atom is 0.0681 e. The topological polar surface area (TPSA) is 38.5 Å². The van der Waals surface area contributed by atoms with Gasteiger partial charge in [0.05, 0.1) is 6.61 Å². The van der Waals surface area contributed by atoms with E-state index < -0.39 is 0 Å². The molecule has 0 aromatic heterocycles. The Labute approximate surface area is 111 Å². The van der Waals surface area contributed by atoms with Crippen LogP contribution in [0.1, 0.15) is 19.3 Å². The Morgan fingerprint density at radius 1 is 1.24 bits per heavy atom. The molecule has 0 atom stereocenters. The summed E-state index contributed by atoms with van der Waals surface area (Å²) in [5.74, 6) is 5.83. The Bertz CT molecular complexity index is 334. The van der Waals surface area contributed by atoms with E-state index in [1.165, 1.54) is 18.5 Å². The zero-order chi connectivity index (χ0) is 12.1. The lowest BCUT2D eigenvalue weighted by atomic mass is 9.93. The highest BCUT2D eigenvalue weighted by Crippen LogP contribution is 2.26. The summed E-state index contributed by atoms with van der Waals surface area (Å²) in [6, 6.07) is 8.55. The van der Waals surface area contributed by atoms with Crippen LogP contribution in [0.3, 0.4) is 0 Å². The van der Waals surface area contributed by atoms with Crippen molar-refractivity contribution in [1.82, 2.24) is 0 Å². The van der Waals surface area contributed by atoms with Crippen LogP contribution in [0.4, 0.5) is 5.69 Å². The fraction of sp³-hybridized carbons (Fsp3) is 0.538. The van der Waals surface area contributed by atoms with Crippen LogP contribution in [-0.4, -0.2) is 19.7 Å². The maximum absolute atomic E-state index is 5.06. The van der Waals surface area contributed by atoms with Gasteiger partial charge >= 0.3 is 0 Å². The lowest BCUT2D eigenvalue weighted by molar-refractivity contribution is 0.118. The molecule has 94 valence electrons. The van der Waals surface area contributed by atoms with Crippen LogP contribution in [0.15, 0.2) is 28.7 Å². The largest absolute Gasteiger partial charge is 0.372 e. The molecule has 0 spiro atoms. The maximum atomic E-state index is 5.06. The van der Waals surface area contributed by atoms with Gasteiger partial charge in [0.15, 0.2) is 0 Å². The minimum absolute atomic E-state index is 0.683. The molecule has 1 saturated heterocycles. The lowest BCUT2D eigenvalue weighted by Crippen LogP contribution is -2.34. The van der Waals surface area contributed by atoms with E-state index in [1.54, 1.807) is 0 Å². The molecule has 17 heavy (non-hydrogen) atoms. The number of nitrogens with two attached hydrogens (primary N) is 1. The molecule has 2 N–H and O–H groups in total. The molecule has 1 aromatic carbocycles. The first-order chi connectivity index (χ1) is 8.29. The third-order valence-corrected chi connectivity index (χ3v) is 3.98. The second kappa shape index (κ2) is 6.38. The molecule has 0 radical (unpaired) electrons. The van der Waals surface area contributed by atoms with Gasteiger partial charge in [-0.15, -0.1) is 0 Å². The minimum atomic E-state index is 0.683. The summed E-state index contributed by atoms with van der Waals surface area (Å²) < 4.78 is 1.14. The highest BCUT2D eigenvalue weighted by atomic mass is 79.9. The van der Waals surface area contributed by atoms with E-state index in [9.17, 15) is 0 Å². The molecule has 1 fully saturated rings. The van der Waals surface area contributed by atoms with Crippen LogP contribution in [0.2, 0.25) is 0 Å². The predicted octanol–water partition coefficient (Wildman–Crippen LogP) is 2.95. The number of halogens is 1. The zero-order valence-corrected chi connectivity index (χ0v) is 11.5. The molecule has 1 heterocycles. The smallest absolute Gasteiger partial charge is 0.0681 e. The molecule has 0 unspecified atom stereocenters. The summed E-state index contributed by atoms with van der Waals surface area (Å²) in [7, 11) is 0. The van der Waals surface area contributed by atoms with E-state index in [2.05, 4.69) is 49.9 Å². The monoisotopic (exact) mass is 298 g/mol. The van der Waals surface area contributed by atoms with Crippen LogP contribution in [0.5, 0.6) is 0 Å². The van der Waals surface area contributed by atoms with Crippen molar-refractivity contribution in [1.29, 1.82) is 0 Å². The normalized spacial score (nSPS) is 17.4. The summed E-state index contributed by atoms with van der Waals surface area (Å²) >= 11 is 3.46. The van der Waals surface area contributed by atoms with E-state index in [4.69, 9.17) is 5.90 Å². The highest BCUT2D eigenvalue weighted by Gasteiger charge is 2.18. The molecule has 1 aliphatic heterocycles. The number of nitrogens with zero attached hydrogens (tertiary/aromatic N) is 1. The predicted molar refractivity (Wildman–Crippen MR) is 73.8 cm³/mol. The fourth-order valence-corrected chi connectivity index (χ4v) is 2.63. The number of benzene rings is 1. The van der Waals surface area contributed by atoms with Crippen LogP contribution in [0.25, 0.3) is 0 Å². The average Bonchev–Trinajstić information content (AvgIpc) is 2.38. The van der Waals surface area contributed by atoms with Gasteiger partial charge in [0.25, 0.3) is 0 Å². The van der Waals surface area contributed by atoms with Gasteiger partial charge in [-0.1, -0.05) is 15.9 Å². The molecular formula is C13H19BrN2O. The number of hydrogen-bond donors (Lipinski definition) is 1. The van der Waals surface area contributed by atoms with Crippen molar-refractivity contribution in [2.45, 2.75) is 19.3 Å². The van der Waals surface area contributed by atoms with Gasteiger partial charge in [-0.3, -0.25) is 0 Å². The summed E-state index contributed by atoms with van der Waals surface area (Å²) in [5, 5.41) is 0. The van der Waals surface area contributed by atoms with Crippen molar-refractivity contribution in [3.8, 4) is 0 Å². The molecule has 0 amide bonds. The Balaban J connectivity index is 1.84. The number of anilines is 1. The molecule has 0 aliphatic carbocycles. The third-order valence-electron chi connectivity index (χ3n) is 3.45. The van der Waals surface area contributed by atoms with Crippen molar-refractivity contribution in [2.24, 2.45) is 11.8 Å². The number of piperidine rings is 1. The van der Waals surface area contributed by atoms with E-state index >= 15 is 0 Å². The molecule has 1 aromatic rings. The molecule has 0 bridgehead atoms. The van der Waals surface area contributed by atoms with Crippen molar-refractivity contribution >= 4 is 21.6 Å². The van der Waals surface area contributed by atoms with Crippen LogP contribution >= 0.6 is 15.9 Å². The molecule has 3 nitrogen and oxygen atoms in total. The highest BCUT2D eigenvalue weighted by molar-refractivity contribution is 9.10. The molecule has 0 saturated carbocycles. The molecule has 2 rings (SSSR count). The van der Waals surface area contributed by atoms with Crippen LogP contribution < -0.4 is 10.8 Å². The van der Waals surface area contributed by atoms with E-state index in [-0.39, 0.29) is 0 Å². The summed E-state index contributed by atoms with van der Waals surface area (Å²) in [6.07, 6.45) is 3.56. The summed E-state index contributed by atoms with van der Waals surface area (Å²) in [4.78, 5) is 7.10. The van der Waals surface area contributed by atoms with Gasteiger partial charge in [0, 0.05) is 23.2 Å². The fourth-order valence-electron chi connectivity index (χ4n) is 2.37. The van der Waals surface area contributed by atoms with Gasteiger partial charge in [0.2, 0.25) is 0 Å². The first-order valence-electron chi connectivity index (χ1n) is 6.12. The second-order valence-electron chi connectivity index (χ2n) is 4.57. The van der Waals surface area contributed by atoms with Crippen LogP contribution in [-0.2, 0) is 4.84 Å². The summed E-state index contributed by atoms with van der Waals surface area (Å²) in [5.41, 5.74) is 1.32. The SMILES string of the molecule is NOCCC1CCN(c2ccc(Br)cc2)CC1. The number of hydrogen-bond acceptors (Lipinski definition) is 3. The Morgan fingerprint density at radius 2 is 1.88 bits per heavy atom. The first kappa shape index (κ1) is 12.9. The van der Waals surface area contributed by atoms with E-state index in [0.717, 1.165) is 29.9 Å². The van der Waals surface area contributed by atoms with Gasteiger partial charge in [-0.25, -0.2) is 5.90 Å². The average molecular weight is 299 g/mol. The number of rotatable bonds is 4.